The maximum atomic E-state index is 12.2. The Morgan fingerprint density at radius 2 is 1.76 bits per heavy atom. The predicted octanol–water partition coefficient (Wildman–Crippen LogP) is 3.28. The summed E-state index contributed by atoms with van der Waals surface area (Å²) in [6.07, 6.45) is 6.38. The summed E-state index contributed by atoms with van der Waals surface area (Å²) in [6.45, 7) is 0.235. The lowest BCUT2D eigenvalue weighted by atomic mass is 9.84. The molecule has 0 radical (unpaired) electrons. The molecule has 1 amide bonds. The lowest BCUT2D eigenvalue weighted by Crippen LogP contribution is -2.29. The molecule has 0 aromatic heterocycles. The molecule has 0 heterocycles. The maximum Gasteiger partial charge on any atom is 0.305 e. The molecule has 4 heteroatoms. The Balaban J connectivity index is 1.97. The molecule has 1 aliphatic rings. The molecule has 114 valence electrons. The molecule has 1 aromatic carbocycles. The lowest BCUT2D eigenvalue weighted by molar-refractivity contribution is -0.137. The minimum Gasteiger partial charge on any atom is -0.481 e. The monoisotopic (exact) mass is 289 g/mol. The molecule has 0 spiro atoms. The molecular weight excluding hydrogens is 266 g/mol. The Morgan fingerprint density at radius 3 is 2.33 bits per heavy atom. The summed E-state index contributed by atoms with van der Waals surface area (Å²) in [5.41, 5.74) is 1.95. The van der Waals surface area contributed by atoms with Gasteiger partial charge in [0.05, 0.1) is 6.42 Å². The van der Waals surface area contributed by atoms with E-state index < -0.39 is 5.97 Å². The first-order valence-electron chi connectivity index (χ1n) is 7.65. The highest BCUT2D eigenvalue weighted by Gasteiger charge is 2.17. The fraction of sp³-hybridized carbons (Fsp3) is 0.529. The smallest absolute Gasteiger partial charge is 0.305 e. The number of amides is 1. The van der Waals surface area contributed by atoms with Gasteiger partial charge in [-0.05, 0) is 36.5 Å². The van der Waals surface area contributed by atoms with E-state index in [2.05, 4.69) is 0 Å². The van der Waals surface area contributed by atoms with Crippen molar-refractivity contribution in [3.8, 4) is 0 Å². The van der Waals surface area contributed by atoms with Gasteiger partial charge in [-0.25, -0.2) is 0 Å². The Morgan fingerprint density at radius 1 is 1.14 bits per heavy atom. The Kier molecular flexibility index (Phi) is 5.37. The summed E-state index contributed by atoms with van der Waals surface area (Å²) in [5, 5.41) is 8.66. The van der Waals surface area contributed by atoms with Crippen LogP contribution in [-0.4, -0.2) is 35.5 Å². The van der Waals surface area contributed by atoms with Crippen molar-refractivity contribution in [3.63, 3.8) is 0 Å². The normalized spacial score (nSPS) is 15.7. The van der Waals surface area contributed by atoms with E-state index in [1.54, 1.807) is 7.05 Å². The highest BCUT2D eigenvalue weighted by Crippen LogP contribution is 2.32. The third-order valence-corrected chi connectivity index (χ3v) is 4.24. The number of nitrogens with zero attached hydrogens (tertiary/aromatic N) is 1. The molecule has 1 aliphatic carbocycles. The molecule has 0 unspecified atom stereocenters. The van der Waals surface area contributed by atoms with Crippen molar-refractivity contribution in [2.45, 2.75) is 44.4 Å². The highest BCUT2D eigenvalue weighted by atomic mass is 16.4. The van der Waals surface area contributed by atoms with Gasteiger partial charge in [-0.1, -0.05) is 31.4 Å². The second-order valence-corrected chi connectivity index (χ2v) is 5.83. The van der Waals surface area contributed by atoms with E-state index in [1.165, 1.54) is 42.6 Å². The molecule has 1 aromatic rings. The van der Waals surface area contributed by atoms with Gasteiger partial charge >= 0.3 is 5.97 Å². The number of aliphatic carboxylic acids is 1. The first-order chi connectivity index (χ1) is 10.1. The summed E-state index contributed by atoms with van der Waals surface area (Å²) in [5.74, 6) is -0.374. The highest BCUT2D eigenvalue weighted by molar-refractivity contribution is 5.94. The fourth-order valence-corrected chi connectivity index (χ4v) is 2.92. The number of carboxylic acid groups (broad SMARTS) is 1. The maximum absolute atomic E-state index is 12.2. The van der Waals surface area contributed by atoms with Crippen LogP contribution in [0.2, 0.25) is 0 Å². The van der Waals surface area contributed by atoms with E-state index in [4.69, 9.17) is 5.11 Å². The van der Waals surface area contributed by atoms with Gasteiger partial charge in [0.1, 0.15) is 0 Å². The molecule has 2 rings (SSSR count). The van der Waals surface area contributed by atoms with Crippen molar-refractivity contribution in [1.29, 1.82) is 0 Å². The number of benzene rings is 1. The van der Waals surface area contributed by atoms with Gasteiger partial charge in [0.2, 0.25) is 0 Å². The van der Waals surface area contributed by atoms with Gasteiger partial charge in [-0.3, -0.25) is 9.59 Å². The van der Waals surface area contributed by atoms with Gasteiger partial charge in [0.25, 0.3) is 5.91 Å². The average Bonchev–Trinajstić information content (AvgIpc) is 2.53. The molecule has 1 N–H and O–H groups in total. The summed E-state index contributed by atoms with van der Waals surface area (Å²) in [4.78, 5) is 24.2. The predicted molar refractivity (Wildman–Crippen MR) is 81.5 cm³/mol. The molecule has 21 heavy (non-hydrogen) atoms. The van der Waals surface area contributed by atoms with Gasteiger partial charge in [0, 0.05) is 19.2 Å². The zero-order valence-corrected chi connectivity index (χ0v) is 12.5. The second kappa shape index (κ2) is 7.25. The zero-order chi connectivity index (χ0) is 15.2. The third kappa shape index (κ3) is 4.31. The second-order valence-electron chi connectivity index (χ2n) is 5.83. The Bertz CT molecular complexity index is 489. The molecule has 0 aliphatic heterocycles. The SMILES string of the molecule is CN(CCC(=O)O)C(=O)c1ccc(C2CCCCC2)cc1. The molecule has 0 atom stereocenters. The summed E-state index contributed by atoms with van der Waals surface area (Å²) in [7, 11) is 1.64. The van der Waals surface area contributed by atoms with Crippen LogP contribution in [0.1, 0.15) is 60.4 Å². The number of carbonyl (C=O) groups is 2. The number of carboxylic acids is 1. The molecular formula is C17H23NO3. The van der Waals surface area contributed by atoms with E-state index in [1.807, 2.05) is 24.3 Å². The van der Waals surface area contributed by atoms with Crippen LogP contribution in [0.5, 0.6) is 0 Å². The Hall–Kier alpha value is -1.84. The van der Waals surface area contributed by atoms with Crippen LogP contribution in [0, 0.1) is 0 Å². The van der Waals surface area contributed by atoms with Crippen molar-refractivity contribution < 1.29 is 14.7 Å². The van der Waals surface area contributed by atoms with E-state index in [-0.39, 0.29) is 18.9 Å². The average molecular weight is 289 g/mol. The number of rotatable bonds is 5. The first kappa shape index (κ1) is 15.5. The van der Waals surface area contributed by atoms with E-state index in [9.17, 15) is 9.59 Å². The van der Waals surface area contributed by atoms with E-state index in [0.717, 1.165) is 0 Å². The van der Waals surface area contributed by atoms with Crippen molar-refractivity contribution in [2.75, 3.05) is 13.6 Å². The van der Waals surface area contributed by atoms with Crippen molar-refractivity contribution in [3.05, 3.63) is 35.4 Å². The largest absolute Gasteiger partial charge is 0.481 e. The zero-order valence-electron chi connectivity index (χ0n) is 12.5. The number of hydrogen-bond donors (Lipinski definition) is 1. The number of carbonyl (C=O) groups excluding carboxylic acids is 1. The van der Waals surface area contributed by atoms with E-state index >= 15 is 0 Å². The third-order valence-electron chi connectivity index (χ3n) is 4.24. The van der Waals surface area contributed by atoms with Gasteiger partial charge in [0.15, 0.2) is 0 Å². The molecule has 0 saturated heterocycles. The standard InChI is InChI=1S/C17H23NO3/c1-18(12-11-16(19)20)17(21)15-9-7-14(8-10-15)13-5-3-2-4-6-13/h7-10,13H,2-6,11-12H2,1H3,(H,19,20). The van der Waals surface area contributed by atoms with Crippen LogP contribution < -0.4 is 0 Å². The molecule has 0 bridgehead atoms. The van der Waals surface area contributed by atoms with Crippen molar-refractivity contribution in [1.82, 2.24) is 4.90 Å². The van der Waals surface area contributed by atoms with Crippen LogP contribution in [0.15, 0.2) is 24.3 Å². The van der Waals surface area contributed by atoms with Gasteiger partial charge in [-0.15, -0.1) is 0 Å². The first-order valence-corrected chi connectivity index (χ1v) is 7.65. The minimum absolute atomic E-state index is 0.0254. The number of hydrogen-bond acceptors (Lipinski definition) is 2. The molecule has 1 fully saturated rings. The van der Waals surface area contributed by atoms with Gasteiger partial charge in [-0.2, -0.15) is 0 Å². The quantitative estimate of drug-likeness (QED) is 0.905. The molecule has 4 nitrogen and oxygen atoms in total. The van der Waals surface area contributed by atoms with Crippen LogP contribution in [-0.2, 0) is 4.79 Å². The lowest BCUT2D eigenvalue weighted by Gasteiger charge is -2.22. The molecule has 1 saturated carbocycles. The van der Waals surface area contributed by atoms with Crippen LogP contribution in [0.4, 0.5) is 0 Å². The van der Waals surface area contributed by atoms with Gasteiger partial charge < -0.3 is 10.0 Å². The van der Waals surface area contributed by atoms with Crippen LogP contribution in [0.3, 0.4) is 0 Å². The van der Waals surface area contributed by atoms with Crippen molar-refractivity contribution >= 4 is 11.9 Å². The van der Waals surface area contributed by atoms with E-state index in [0.29, 0.717) is 11.5 Å². The van der Waals surface area contributed by atoms with Crippen LogP contribution >= 0.6 is 0 Å². The van der Waals surface area contributed by atoms with Crippen molar-refractivity contribution in [2.24, 2.45) is 0 Å². The summed E-state index contributed by atoms with van der Waals surface area (Å²) >= 11 is 0. The van der Waals surface area contributed by atoms with Crippen LogP contribution in [0.25, 0.3) is 0 Å². The fourth-order valence-electron chi connectivity index (χ4n) is 2.92. The minimum atomic E-state index is -0.887. The topological polar surface area (TPSA) is 57.6 Å². The Labute approximate surface area is 125 Å². The summed E-state index contributed by atoms with van der Waals surface area (Å²) in [6, 6.07) is 7.83. The summed E-state index contributed by atoms with van der Waals surface area (Å²) < 4.78 is 0.